The fourth-order valence-electron chi connectivity index (χ4n) is 2.89. The van der Waals surface area contributed by atoms with Crippen molar-refractivity contribution in [1.29, 1.82) is 0 Å². The van der Waals surface area contributed by atoms with Crippen LogP contribution in [-0.2, 0) is 0 Å². The predicted molar refractivity (Wildman–Crippen MR) is 94.1 cm³/mol. The molecule has 4 N–H and O–H groups in total. The third kappa shape index (κ3) is 4.06. The molecule has 2 atom stereocenters. The first-order valence-corrected chi connectivity index (χ1v) is 8.23. The highest BCUT2D eigenvalue weighted by Gasteiger charge is 2.24. The number of hydrogen-bond donors (Lipinski definition) is 3. The number of anilines is 2. The lowest BCUT2D eigenvalue weighted by Crippen LogP contribution is -2.34. The molecule has 1 aliphatic rings. The van der Waals surface area contributed by atoms with E-state index in [0.717, 1.165) is 25.7 Å². The molecule has 0 spiro atoms. The van der Waals surface area contributed by atoms with Gasteiger partial charge in [0.25, 0.3) is 5.91 Å². The van der Waals surface area contributed by atoms with Gasteiger partial charge in [0.15, 0.2) is 0 Å². The van der Waals surface area contributed by atoms with E-state index in [9.17, 15) is 9.90 Å². The highest BCUT2D eigenvalue weighted by molar-refractivity contribution is 6.04. The Morgan fingerprint density at radius 1 is 1.12 bits per heavy atom. The van der Waals surface area contributed by atoms with E-state index in [2.05, 4.69) is 5.32 Å². The van der Waals surface area contributed by atoms with Crippen LogP contribution in [0.2, 0.25) is 0 Å². The minimum absolute atomic E-state index is 0.147. The van der Waals surface area contributed by atoms with E-state index < -0.39 is 6.10 Å². The smallest absolute Gasteiger partial charge is 0.255 e. The molecule has 2 aromatic carbocycles. The summed E-state index contributed by atoms with van der Waals surface area (Å²) in [6, 6.07) is 14.0. The van der Waals surface area contributed by atoms with E-state index >= 15 is 0 Å². The van der Waals surface area contributed by atoms with Crippen molar-refractivity contribution in [2.45, 2.75) is 37.9 Å². The molecule has 126 valence electrons. The highest BCUT2D eigenvalue weighted by atomic mass is 16.5. The first kappa shape index (κ1) is 16.3. The molecular weight excluding hydrogens is 304 g/mol. The number of carbonyl (C=O) groups is 1. The van der Waals surface area contributed by atoms with Crippen molar-refractivity contribution >= 4 is 17.3 Å². The van der Waals surface area contributed by atoms with Gasteiger partial charge in [-0.3, -0.25) is 4.79 Å². The average Bonchev–Trinajstić information content (AvgIpc) is 2.58. The molecule has 2 unspecified atom stereocenters. The Kier molecular flexibility index (Phi) is 5.01. The van der Waals surface area contributed by atoms with E-state index in [1.54, 1.807) is 48.5 Å². The predicted octanol–water partition coefficient (Wildman–Crippen LogP) is 3.20. The molecule has 5 heteroatoms. The second kappa shape index (κ2) is 7.36. The van der Waals surface area contributed by atoms with Crippen LogP contribution in [0.15, 0.2) is 48.5 Å². The van der Waals surface area contributed by atoms with Crippen LogP contribution in [-0.4, -0.2) is 23.2 Å². The van der Waals surface area contributed by atoms with Crippen LogP contribution < -0.4 is 15.8 Å². The van der Waals surface area contributed by atoms with Crippen molar-refractivity contribution in [2.24, 2.45) is 0 Å². The van der Waals surface area contributed by atoms with Gasteiger partial charge in [0.2, 0.25) is 0 Å². The van der Waals surface area contributed by atoms with E-state index in [-0.39, 0.29) is 12.0 Å². The number of rotatable bonds is 4. The number of benzene rings is 2. The number of amides is 1. The molecule has 1 saturated carbocycles. The maximum atomic E-state index is 12.2. The fourth-order valence-corrected chi connectivity index (χ4v) is 2.89. The Bertz CT molecular complexity index is 700. The zero-order chi connectivity index (χ0) is 16.9. The van der Waals surface area contributed by atoms with Gasteiger partial charge in [-0.15, -0.1) is 0 Å². The third-order valence-corrected chi connectivity index (χ3v) is 4.22. The van der Waals surface area contributed by atoms with Gasteiger partial charge in [0.05, 0.1) is 6.10 Å². The lowest BCUT2D eigenvalue weighted by molar-refractivity contribution is 0.00688. The maximum absolute atomic E-state index is 12.2. The molecule has 1 amide bonds. The van der Waals surface area contributed by atoms with Crippen molar-refractivity contribution in [3.05, 3.63) is 54.1 Å². The molecule has 0 aromatic heterocycles. The summed E-state index contributed by atoms with van der Waals surface area (Å²) >= 11 is 0. The summed E-state index contributed by atoms with van der Waals surface area (Å²) in [6.45, 7) is 0. The summed E-state index contributed by atoms with van der Waals surface area (Å²) in [5.41, 5.74) is 7.44. The lowest BCUT2D eigenvalue weighted by Gasteiger charge is -2.28. The zero-order valence-corrected chi connectivity index (χ0v) is 13.4. The summed E-state index contributed by atoms with van der Waals surface area (Å²) in [6.07, 6.45) is 3.24. The van der Waals surface area contributed by atoms with Gasteiger partial charge in [-0.2, -0.15) is 0 Å². The normalized spacial score (nSPS) is 20.4. The summed E-state index contributed by atoms with van der Waals surface area (Å²) in [4.78, 5) is 12.2. The molecule has 1 fully saturated rings. The van der Waals surface area contributed by atoms with E-state index in [1.807, 2.05) is 0 Å². The summed E-state index contributed by atoms with van der Waals surface area (Å²) < 4.78 is 5.85. The Balaban J connectivity index is 1.61. The summed E-state index contributed by atoms with van der Waals surface area (Å²) in [7, 11) is 0. The standard InChI is InChI=1S/C19H22N2O3/c20-14-5-3-4-13(12-14)19(23)21-15-8-10-16(11-9-15)24-18-7-2-1-6-17(18)22/h3-5,8-12,17-18,22H,1-2,6-7,20H2,(H,21,23). The molecule has 5 nitrogen and oxygen atoms in total. The maximum Gasteiger partial charge on any atom is 0.255 e. The van der Waals surface area contributed by atoms with Gasteiger partial charge in [-0.25, -0.2) is 0 Å². The van der Waals surface area contributed by atoms with Crippen molar-refractivity contribution in [2.75, 3.05) is 11.1 Å². The van der Waals surface area contributed by atoms with Gasteiger partial charge in [0, 0.05) is 16.9 Å². The second-order valence-electron chi connectivity index (χ2n) is 6.11. The third-order valence-electron chi connectivity index (χ3n) is 4.22. The molecule has 0 saturated heterocycles. The van der Waals surface area contributed by atoms with Gasteiger partial charge in [-0.05, 0) is 61.7 Å². The molecule has 0 radical (unpaired) electrons. The lowest BCUT2D eigenvalue weighted by atomic mass is 9.95. The number of aliphatic hydroxyl groups is 1. The Hall–Kier alpha value is -2.53. The number of ether oxygens (including phenoxy) is 1. The SMILES string of the molecule is Nc1cccc(C(=O)Nc2ccc(OC3CCCCC3O)cc2)c1. The van der Waals surface area contributed by atoms with Crippen LogP contribution in [0.4, 0.5) is 11.4 Å². The number of hydrogen-bond acceptors (Lipinski definition) is 4. The van der Waals surface area contributed by atoms with E-state index in [4.69, 9.17) is 10.5 Å². The molecule has 2 aromatic rings. The summed E-state index contributed by atoms with van der Waals surface area (Å²) in [5.74, 6) is 0.488. The van der Waals surface area contributed by atoms with Crippen LogP contribution in [0.1, 0.15) is 36.0 Å². The monoisotopic (exact) mass is 326 g/mol. The number of nitrogens with one attached hydrogen (secondary N) is 1. The van der Waals surface area contributed by atoms with Gasteiger partial charge in [0.1, 0.15) is 11.9 Å². The first-order valence-electron chi connectivity index (χ1n) is 8.23. The molecule has 24 heavy (non-hydrogen) atoms. The quantitative estimate of drug-likeness (QED) is 0.753. The van der Waals surface area contributed by atoms with Crippen molar-refractivity contribution < 1.29 is 14.6 Å². The topological polar surface area (TPSA) is 84.6 Å². The van der Waals surface area contributed by atoms with Crippen molar-refractivity contribution in [3.63, 3.8) is 0 Å². The van der Waals surface area contributed by atoms with Crippen LogP contribution >= 0.6 is 0 Å². The number of carbonyl (C=O) groups excluding carboxylic acids is 1. The van der Waals surface area contributed by atoms with Gasteiger partial charge < -0.3 is 20.9 Å². The largest absolute Gasteiger partial charge is 0.488 e. The average molecular weight is 326 g/mol. The van der Waals surface area contributed by atoms with Crippen molar-refractivity contribution in [1.82, 2.24) is 0 Å². The molecule has 0 aliphatic heterocycles. The van der Waals surface area contributed by atoms with Gasteiger partial charge in [-0.1, -0.05) is 12.5 Å². The molecule has 1 aliphatic carbocycles. The summed E-state index contributed by atoms with van der Waals surface area (Å²) in [5, 5.41) is 12.8. The van der Waals surface area contributed by atoms with Crippen molar-refractivity contribution in [3.8, 4) is 5.75 Å². The number of nitrogen functional groups attached to an aromatic ring is 1. The minimum atomic E-state index is -0.401. The molecular formula is C19H22N2O3. The van der Waals surface area contributed by atoms with E-state index in [1.165, 1.54) is 0 Å². The highest BCUT2D eigenvalue weighted by Crippen LogP contribution is 2.25. The Labute approximate surface area is 141 Å². The zero-order valence-electron chi connectivity index (χ0n) is 13.4. The van der Waals surface area contributed by atoms with E-state index in [0.29, 0.717) is 22.7 Å². The molecule has 0 heterocycles. The second-order valence-corrected chi connectivity index (χ2v) is 6.11. The number of aliphatic hydroxyl groups excluding tert-OH is 1. The molecule has 0 bridgehead atoms. The first-order chi connectivity index (χ1) is 11.6. The van der Waals surface area contributed by atoms with Crippen LogP contribution in [0.3, 0.4) is 0 Å². The minimum Gasteiger partial charge on any atom is -0.488 e. The molecule has 3 rings (SSSR count). The number of nitrogens with two attached hydrogens (primary N) is 1. The Morgan fingerprint density at radius 2 is 1.88 bits per heavy atom. The fraction of sp³-hybridized carbons (Fsp3) is 0.316. The van der Waals surface area contributed by atoms with Crippen LogP contribution in [0, 0.1) is 0 Å². The van der Waals surface area contributed by atoms with Gasteiger partial charge >= 0.3 is 0 Å². The Morgan fingerprint density at radius 3 is 2.58 bits per heavy atom. The van der Waals surface area contributed by atoms with Crippen LogP contribution in [0.25, 0.3) is 0 Å². The van der Waals surface area contributed by atoms with Crippen LogP contribution in [0.5, 0.6) is 5.75 Å².